The molecular formula is C17H23N3O3S2. The van der Waals surface area contributed by atoms with Crippen molar-refractivity contribution in [3.63, 3.8) is 0 Å². The zero-order chi connectivity index (χ0) is 17.7. The van der Waals surface area contributed by atoms with E-state index in [-0.39, 0.29) is 11.0 Å². The van der Waals surface area contributed by atoms with E-state index in [2.05, 4.69) is 15.0 Å². The maximum Gasteiger partial charge on any atom is 0.240 e. The first-order valence-electron chi connectivity index (χ1n) is 8.35. The van der Waals surface area contributed by atoms with E-state index in [1.54, 1.807) is 23.5 Å². The van der Waals surface area contributed by atoms with Gasteiger partial charge in [0.25, 0.3) is 0 Å². The molecule has 1 aliphatic rings. The fourth-order valence-electron chi connectivity index (χ4n) is 2.69. The molecule has 136 valence electrons. The minimum Gasteiger partial charge on any atom is -0.377 e. The van der Waals surface area contributed by atoms with Crippen LogP contribution in [0.3, 0.4) is 0 Å². The van der Waals surface area contributed by atoms with Crippen LogP contribution in [0.15, 0.2) is 35.4 Å². The van der Waals surface area contributed by atoms with Gasteiger partial charge in [-0.15, -0.1) is 11.3 Å². The summed E-state index contributed by atoms with van der Waals surface area (Å²) in [6.07, 6.45) is 3.78. The summed E-state index contributed by atoms with van der Waals surface area (Å²) in [6.45, 7) is 4.48. The van der Waals surface area contributed by atoms with Gasteiger partial charge in [0.1, 0.15) is 0 Å². The normalized spacial score (nSPS) is 17.9. The van der Waals surface area contributed by atoms with Gasteiger partial charge in [-0.25, -0.2) is 18.1 Å². The number of aromatic nitrogens is 1. The molecule has 2 N–H and O–H groups in total. The lowest BCUT2D eigenvalue weighted by atomic mass is 10.2. The maximum absolute atomic E-state index is 12.3. The third-order valence-corrected chi connectivity index (χ3v) is 6.41. The molecule has 2 aromatic rings. The van der Waals surface area contributed by atoms with Crippen molar-refractivity contribution in [3.8, 4) is 0 Å². The standard InChI is InChI=1S/C17H23N3O3S2/c1-13-19-12-16(24-13)11-18-9-14-4-6-17(7-5-14)25(21,22)20-10-15-3-2-8-23-15/h4-7,12,15,18,20H,2-3,8-11H2,1H3. The molecule has 0 bridgehead atoms. The summed E-state index contributed by atoms with van der Waals surface area (Å²) in [7, 11) is -3.48. The molecule has 0 radical (unpaired) electrons. The molecule has 1 aromatic heterocycles. The van der Waals surface area contributed by atoms with Crippen LogP contribution in [0.5, 0.6) is 0 Å². The van der Waals surface area contributed by atoms with Gasteiger partial charge in [-0.3, -0.25) is 0 Å². The number of rotatable bonds is 8. The second kappa shape index (κ2) is 8.37. The van der Waals surface area contributed by atoms with Crippen molar-refractivity contribution in [1.82, 2.24) is 15.0 Å². The summed E-state index contributed by atoms with van der Waals surface area (Å²) < 4.78 is 32.7. The molecular weight excluding hydrogens is 358 g/mol. The number of nitrogens with one attached hydrogen (secondary N) is 2. The van der Waals surface area contributed by atoms with Crippen molar-refractivity contribution >= 4 is 21.4 Å². The lowest BCUT2D eigenvalue weighted by Gasteiger charge is -2.12. The Morgan fingerprint density at radius 1 is 1.28 bits per heavy atom. The summed E-state index contributed by atoms with van der Waals surface area (Å²) >= 11 is 1.67. The topological polar surface area (TPSA) is 80.3 Å². The third-order valence-electron chi connectivity index (χ3n) is 4.06. The van der Waals surface area contributed by atoms with Crippen LogP contribution in [0.2, 0.25) is 0 Å². The summed E-state index contributed by atoms with van der Waals surface area (Å²) in [5.74, 6) is 0. The summed E-state index contributed by atoms with van der Waals surface area (Å²) in [5, 5.41) is 4.40. The Balaban J connectivity index is 1.50. The van der Waals surface area contributed by atoms with Crippen LogP contribution >= 0.6 is 11.3 Å². The molecule has 1 unspecified atom stereocenters. The molecule has 0 aliphatic carbocycles. The highest BCUT2D eigenvalue weighted by atomic mass is 32.2. The second-order valence-electron chi connectivity index (χ2n) is 6.08. The molecule has 2 heterocycles. The van der Waals surface area contributed by atoms with E-state index in [4.69, 9.17) is 4.74 Å². The smallest absolute Gasteiger partial charge is 0.240 e. The lowest BCUT2D eigenvalue weighted by molar-refractivity contribution is 0.114. The van der Waals surface area contributed by atoms with Crippen LogP contribution in [0.1, 0.15) is 28.3 Å². The van der Waals surface area contributed by atoms with Crippen LogP contribution < -0.4 is 10.0 Å². The first-order valence-corrected chi connectivity index (χ1v) is 10.6. The van der Waals surface area contributed by atoms with Crippen molar-refractivity contribution in [2.75, 3.05) is 13.2 Å². The predicted octanol–water partition coefficient (Wildman–Crippen LogP) is 2.20. The van der Waals surface area contributed by atoms with E-state index in [0.29, 0.717) is 13.1 Å². The maximum atomic E-state index is 12.3. The largest absolute Gasteiger partial charge is 0.377 e. The van der Waals surface area contributed by atoms with E-state index >= 15 is 0 Å². The molecule has 0 spiro atoms. The van der Waals surface area contributed by atoms with Gasteiger partial charge in [0, 0.05) is 37.3 Å². The Hall–Kier alpha value is -1.32. The van der Waals surface area contributed by atoms with Crippen molar-refractivity contribution in [2.24, 2.45) is 0 Å². The van der Waals surface area contributed by atoms with E-state index in [1.165, 1.54) is 4.88 Å². The van der Waals surface area contributed by atoms with E-state index in [1.807, 2.05) is 25.3 Å². The SMILES string of the molecule is Cc1ncc(CNCc2ccc(S(=O)(=O)NCC3CCCO3)cc2)s1. The van der Waals surface area contributed by atoms with Crippen LogP contribution in [-0.2, 0) is 27.8 Å². The quantitative estimate of drug-likeness (QED) is 0.733. The summed E-state index contributed by atoms with van der Waals surface area (Å²) in [6, 6.07) is 6.97. The zero-order valence-electron chi connectivity index (χ0n) is 14.2. The minimum absolute atomic E-state index is 0.00590. The Labute approximate surface area is 152 Å². The number of thiazole rings is 1. The molecule has 1 atom stereocenters. The Morgan fingerprint density at radius 2 is 2.08 bits per heavy atom. The van der Waals surface area contributed by atoms with Gasteiger partial charge in [0.2, 0.25) is 10.0 Å². The Morgan fingerprint density at radius 3 is 2.72 bits per heavy atom. The molecule has 1 fully saturated rings. The van der Waals surface area contributed by atoms with Gasteiger partial charge >= 0.3 is 0 Å². The fraction of sp³-hybridized carbons (Fsp3) is 0.471. The average molecular weight is 382 g/mol. The van der Waals surface area contributed by atoms with Gasteiger partial charge in [0.15, 0.2) is 0 Å². The minimum atomic E-state index is -3.48. The number of sulfonamides is 1. The first kappa shape index (κ1) is 18.5. The zero-order valence-corrected chi connectivity index (χ0v) is 15.8. The molecule has 0 amide bonds. The van der Waals surface area contributed by atoms with E-state index in [9.17, 15) is 8.42 Å². The number of nitrogens with zero attached hydrogens (tertiary/aromatic N) is 1. The molecule has 3 rings (SSSR count). The van der Waals surface area contributed by atoms with Gasteiger partial charge < -0.3 is 10.1 Å². The van der Waals surface area contributed by atoms with Crippen molar-refractivity contribution in [3.05, 3.63) is 45.9 Å². The summed E-state index contributed by atoms with van der Waals surface area (Å²) in [5.41, 5.74) is 1.04. The molecule has 1 saturated heterocycles. The monoisotopic (exact) mass is 381 g/mol. The predicted molar refractivity (Wildman–Crippen MR) is 98.0 cm³/mol. The Bertz CT molecular complexity index is 782. The van der Waals surface area contributed by atoms with E-state index in [0.717, 1.165) is 36.6 Å². The number of hydrogen-bond acceptors (Lipinski definition) is 6. The summed E-state index contributed by atoms with van der Waals surface area (Å²) in [4.78, 5) is 5.70. The highest BCUT2D eigenvalue weighted by Gasteiger charge is 2.20. The molecule has 1 aliphatic heterocycles. The van der Waals surface area contributed by atoms with Crippen molar-refractivity contribution in [1.29, 1.82) is 0 Å². The number of ether oxygens (including phenoxy) is 1. The van der Waals surface area contributed by atoms with Crippen molar-refractivity contribution in [2.45, 2.75) is 43.9 Å². The first-order chi connectivity index (χ1) is 12.0. The molecule has 8 heteroatoms. The highest BCUT2D eigenvalue weighted by Crippen LogP contribution is 2.15. The van der Waals surface area contributed by atoms with Crippen LogP contribution in [0.25, 0.3) is 0 Å². The van der Waals surface area contributed by atoms with Crippen molar-refractivity contribution < 1.29 is 13.2 Å². The number of hydrogen-bond donors (Lipinski definition) is 2. The van der Waals surface area contributed by atoms with Gasteiger partial charge in [-0.2, -0.15) is 0 Å². The third kappa shape index (κ3) is 5.32. The average Bonchev–Trinajstić information content (AvgIpc) is 3.25. The van der Waals surface area contributed by atoms with Crippen LogP contribution in [0, 0.1) is 6.92 Å². The molecule has 1 aromatic carbocycles. The van der Waals surface area contributed by atoms with Gasteiger partial charge in [0.05, 0.1) is 16.0 Å². The number of benzene rings is 1. The Kier molecular flexibility index (Phi) is 6.19. The molecule has 0 saturated carbocycles. The van der Waals surface area contributed by atoms with Crippen LogP contribution in [0.4, 0.5) is 0 Å². The van der Waals surface area contributed by atoms with Gasteiger partial charge in [-0.05, 0) is 37.5 Å². The van der Waals surface area contributed by atoms with Crippen LogP contribution in [-0.4, -0.2) is 32.7 Å². The molecule has 25 heavy (non-hydrogen) atoms. The second-order valence-corrected chi connectivity index (χ2v) is 9.17. The fourth-order valence-corrected chi connectivity index (χ4v) is 4.53. The molecule has 6 nitrogen and oxygen atoms in total. The van der Waals surface area contributed by atoms with E-state index < -0.39 is 10.0 Å². The number of aryl methyl sites for hydroxylation is 1. The van der Waals surface area contributed by atoms with Gasteiger partial charge in [-0.1, -0.05) is 12.1 Å². The highest BCUT2D eigenvalue weighted by molar-refractivity contribution is 7.89. The lowest BCUT2D eigenvalue weighted by Crippen LogP contribution is -2.31.